The molecule has 0 spiro atoms. The van der Waals surface area contributed by atoms with Gasteiger partial charge in [-0.25, -0.2) is 9.18 Å². The molecule has 2 aromatic rings. The van der Waals surface area contributed by atoms with E-state index in [0.717, 1.165) is 5.69 Å². The van der Waals surface area contributed by atoms with Gasteiger partial charge in [0.05, 0.1) is 36.7 Å². The first-order valence-electron chi connectivity index (χ1n) is 9.15. The lowest BCUT2D eigenvalue weighted by atomic mass is 10.2. The maximum absolute atomic E-state index is 14.8. The maximum Gasteiger partial charge on any atom is 0.414 e. The molecule has 0 unspecified atom stereocenters. The Kier molecular flexibility index (Phi) is 6.08. The molecule has 1 saturated heterocycles. The number of aromatic nitrogens is 1. The average Bonchev–Trinajstić information content (AvgIpc) is 3.06. The van der Waals surface area contributed by atoms with Crippen molar-refractivity contribution in [1.29, 1.82) is 0 Å². The first-order chi connectivity index (χ1) is 13.5. The van der Waals surface area contributed by atoms with E-state index in [2.05, 4.69) is 10.3 Å². The summed E-state index contributed by atoms with van der Waals surface area (Å²) in [4.78, 5) is 30.7. The molecule has 1 aromatic heterocycles. The molecule has 0 aliphatic carbocycles. The summed E-state index contributed by atoms with van der Waals surface area (Å²) in [5, 5.41) is 2.62. The van der Waals surface area contributed by atoms with Crippen LogP contribution in [-0.4, -0.2) is 42.7 Å². The fourth-order valence-electron chi connectivity index (χ4n) is 3.07. The Labute approximate surface area is 163 Å². The van der Waals surface area contributed by atoms with Crippen molar-refractivity contribution in [3.63, 3.8) is 0 Å². The summed E-state index contributed by atoms with van der Waals surface area (Å²) in [5.74, 6) is -0.620. The number of rotatable bonds is 7. The molecule has 1 N–H and O–H groups in total. The highest BCUT2D eigenvalue weighted by Crippen LogP contribution is 2.28. The predicted octanol–water partition coefficient (Wildman–Crippen LogP) is 2.71. The van der Waals surface area contributed by atoms with Gasteiger partial charge in [0.25, 0.3) is 0 Å². The van der Waals surface area contributed by atoms with E-state index in [9.17, 15) is 14.0 Å². The molecule has 1 atom stereocenters. The molecule has 2 heterocycles. The second kappa shape index (κ2) is 8.69. The van der Waals surface area contributed by atoms with Crippen molar-refractivity contribution >= 4 is 23.4 Å². The molecule has 1 aliphatic heterocycles. The topological polar surface area (TPSA) is 74.8 Å². The van der Waals surface area contributed by atoms with Crippen molar-refractivity contribution in [3.05, 3.63) is 54.1 Å². The Bertz CT molecular complexity index is 847. The number of hydrogen-bond acceptors (Lipinski definition) is 5. The summed E-state index contributed by atoms with van der Waals surface area (Å²) in [6, 6.07) is 10.3. The first kappa shape index (κ1) is 19.6. The molecule has 0 radical (unpaired) electrons. The third-order valence-corrected chi connectivity index (χ3v) is 4.50. The Morgan fingerprint density at radius 3 is 2.86 bits per heavy atom. The van der Waals surface area contributed by atoms with E-state index >= 15 is 0 Å². The van der Waals surface area contributed by atoms with Gasteiger partial charge in [-0.15, -0.1) is 0 Å². The number of amides is 2. The van der Waals surface area contributed by atoms with E-state index in [-0.39, 0.29) is 19.0 Å². The van der Waals surface area contributed by atoms with Crippen LogP contribution in [0.5, 0.6) is 0 Å². The molecule has 8 heteroatoms. The van der Waals surface area contributed by atoms with Crippen LogP contribution in [0.2, 0.25) is 0 Å². The molecule has 3 rings (SSSR count). The van der Waals surface area contributed by atoms with Crippen LogP contribution in [0.3, 0.4) is 0 Å². The highest BCUT2D eigenvalue weighted by Gasteiger charge is 2.32. The highest BCUT2D eigenvalue weighted by atomic mass is 19.1. The Morgan fingerprint density at radius 2 is 2.21 bits per heavy atom. The summed E-state index contributed by atoms with van der Waals surface area (Å²) < 4.78 is 20.1. The monoisotopic (exact) mass is 386 g/mol. The van der Waals surface area contributed by atoms with Crippen LogP contribution >= 0.6 is 0 Å². The van der Waals surface area contributed by atoms with E-state index in [1.807, 2.05) is 30.0 Å². The van der Waals surface area contributed by atoms with Gasteiger partial charge in [0.1, 0.15) is 11.9 Å². The number of anilines is 2. The molecule has 0 saturated carbocycles. The number of hydrogen-bond donors (Lipinski definition) is 1. The number of carbonyl (C=O) groups excluding carboxylic acids is 2. The summed E-state index contributed by atoms with van der Waals surface area (Å²) in [6.07, 6.45) is 0.692. The highest BCUT2D eigenvalue weighted by molar-refractivity contribution is 5.90. The van der Waals surface area contributed by atoms with Crippen LogP contribution in [0.25, 0.3) is 0 Å². The van der Waals surface area contributed by atoms with Gasteiger partial charge in [-0.3, -0.25) is 14.7 Å². The molecule has 2 amide bonds. The van der Waals surface area contributed by atoms with Crippen LogP contribution in [0.1, 0.15) is 19.5 Å². The van der Waals surface area contributed by atoms with Crippen molar-refractivity contribution in [2.75, 3.05) is 29.4 Å². The molecule has 1 aliphatic rings. The van der Waals surface area contributed by atoms with Gasteiger partial charge in [-0.1, -0.05) is 6.07 Å². The predicted molar refractivity (Wildman–Crippen MR) is 104 cm³/mol. The first-order valence-corrected chi connectivity index (χ1v) is 9.15. The van der Waals surface area contributed by atoms with Crippen LogP contribution < -0.4 is 15.1 Å². The lowest BCUT2D eigenvalue weighted by Gasteiger charge is -2.24. The molecule has 1 aromatic carbocycles. The number of carbonyl (C=O) groups is 2. The Morgan fingerprint density at radius 1 is 1.39 bits per heavy atom. The van der Waals surface area contributed by atoms with E-state index < -0.39 is 18.0 Å². The third-order valence-electron chi connectivity index (χ3n) is 4.50. The minimum atomic E-state index is -0.552. The van der Waals surface area contributed by atoms with Crippen LogP contribution in [0, 0.1) is 5.82 Å². The Hall–Kier alpha value is -3.16. The van der Waals surface area contributed by atoms with Crippen molar-refractivity contribution in [3.8, 4) is 0 Å². The van der Waals surface area contributed by atoms with Gasteiger partial charge in [0, 0.05) is 19.7 Å². The van der Waals surface area contributed by atoms with Gasteiger partial charge in [-0.2, -0.15) is 0 Å². The van der Waals surface area contributed by atoms with E-state index in [0.29, 0.717) is 24.5 Å². The lowest BCUT2D eigenvalue weighted by molar-refractivity contribution is -0.119. The second-order valence-corrected chi connectivity index (χ2v) is 6.52. The normalized spacial score (nSPS) is 16.0. The maximum atomic E-state index is 14.8. The number of nitrogens with one attached hydrogen (secondary N) is 1. The van der Waals surface area contributed by atoms with E-state index in [4.69, 9.17) is 4.74 Å². The van der Waals surface area contributed by atoms with Crippen LogP contribution in [-0.2, 0) is 16.1 Å². The average molecular weight is 386 g/mol. The fraction of sp³-hybridized carbons (Fsp3) is 0.350. The van der Waals surface area contributed by atoms with Crippen LogP contribution in [0.15, 0.2) is 42.6 Å². The number of nitrogens with zero attached hydrogens (tertiary/aromatic N) is 3. The molecule has 28 heavy (non-hydrogen) atoms. The molecule has 1 fully saturated rings. The zero-order valence-corrected chi connectivity index (χ0v) is 15.9. The zero-order valence-electron chi connectivity index (χ0n) is 15.9. The van der Waals surface area contributed by atoms with Crippen molar-refractivity contribution in [1.82, 2.24) is 10.3 Å². The van der Waals surface area contributed by atoms with Gasteiger partial charge >= 0.3 is 6.09 Å². The Balaban J connectivity index is 1.72. The number of halogens is 1. The minimum Gasteiger partial charge on any atom is -0.442 e. The SMILES string of the molecule is CCN(Cc1ccccn1)c1ccc(N2C[C@H](CNC(C)=O)OC2=O)cc1F. The molecular formula is C20H23FN4O3. The second-order valence-electron chi connectivity index (χ2n) is 6.52. The summed E-state index contributed by atoms with van der Waals surface area (Å²) in [7, 11) is 0. The smallest absolute Gasteiger partial charge is 0.414 e. The summed E-state index contributed by atoms with van der Waals surface area (Å²) in [6.45, 7) is 4.92. The van der Waals surface area contributed by atoms with Gasteiger partial charge in [-0.05, 0) is 37.3 Å². The van der Waals surface area contributed by atoms with Gasteiger partial charge < -0.3 is 15.0 Å². The number of cyclic esters (lactones) is 1. The van der Waals surface area contributed by atoms with E-state index in [1.165, 1.54) is 17.9 Å². The molecule has 148 valence electrons. The summed E-state index contributed by atoms with van der Waals surface area (Å²) in [5.41, 5.74) is 1.71. The van der Waals surface area contributed by atoms with Crippen molar-refractivity contribution < 1.29 is 18.7 Å². The number of ether oxygens (including phenoxy) is 1. The van der Waals surface area contributed by atoms with Crippen molar-refractivity contribution in [2.45, 2.75) is 26.5 Å². The number of benzene rings is 1. The largest absolute Gasteiger partial charge is 0.442 e. The lowest BCUT2D eigenvalue weighted by Crippen LogP contribution is -2.33. The van der Waals surface area contributed by atoms with E-state index in [1.54, 1.807) is 18.3 Å². The number of pyridine rings is 1. The quantitative estimate of drug-likeness (QED) is 0.792. The third kappa shape index (κ3) is 4.57. The minimum absolute atomic E-state index is 0.197. The molecular weight excluding hydrogens is 363 g/mol. The summed E-state index contributed by atoms with van der Waals surface area (Å²) >= 11 is 0. The van der Waals surface area contributed by atoms with Gasteiger partial charge in [0.2, 0.25) is 5.91 Å². The van der Waals surface area contributed by atoms with Gasteiger partial charge in [0.15, 0.2) is 0 Å². The zero-order chi connectivity index (χ0) is 20.1. The van der Waals surface area contributed by atoms with Crippen LogP contribution in [0.4, 0.5) is 20.6 Å². The standard InChI is InChI=1S/C20H23FN4O3/c1-3-24(12-15-6-4-5-9-22-15)19-8-7-16(10-18(19)21)25-13-17(28-20(25)27)11-23-14(2)26/h4-10,17H,3,11-13H2,1-2H3,(H,23,26)/t17-/m0/s1. The molecule has 0 bridgehead atoms. The fourth-order valence-corrected chi connectivity index (χ4v) is 3.07. The molecule has 7 nitrogen and oxygen atoms in total. The van der Waals surface area contributed by atoms with Crippen molar-refractivity contribution in [2.24, 2.45) is 0 Å².